The van der Waals surface area contributed by atoms with Gasteiger partial charge in [0.15, 0.2) is 0 Å². The minimum absolute atomic E-state index is 0.971. The van der Waals surface area contributed by atoms with Gasteiger partial charge in [-0.25, -0.2) is 0 Å². The summed E-state index contributed by atoms with van der Waals surface area (Å²) in [6.07, 6.45) is 3.87. The molecule has 0 aliphatic heterocycles. The number of quaternary nitrogens is 1. The normalized spacial score (nSPS) is 11.7. The maximum atomic E-state index is 3.58. The topological polar surface area (TPSA) is 15.3 Å². The SMILES string of the molecule is CCCC[N+](C)(C)CCCNCc1ccc(N(C)CCI)cc1. The molecular weight excluding hydrogens is 397 g/mol. The molecule has 0 saturated carbocycles. The number of nitrogens with one attached hydrogen (secondary N) is 1. The van der Waals surface area contributed by atoms with Crippen LogP contribution in [0.2, 0.25) is 0 Å². The van der Waals surface area contributed by atoms with Crippen molar-refractivity contribution in [1.82, 2.24) is 5.32 Å². The zero-order valence-corrected chi connectivity index (χ0v) is 17.6. The average Bonchev–Trinajstić information content (AvgIpc) is 2.53. The van der Waals surface area contributed by atoms with E-state index >= 15 is 0 Å². The van der Waals surface area contributed by atoms with E-state index in [1.54, 1.807) is 0 Å². The fourth-order valence-electron chi connectivity index (χ4n) is 2.69. The van der Waals surface area contributed by atoms with Gasteiger partial charge in [-0.05, 0) is 24.1 Å². The second-order valence-corrected chi connectivity index (χ2v) is 8.12. The Morgan fingerprint density at radius 2 is 1.74 bits per heavy atom. The van der Waals surface area contributed by atoms with Crippen molar-refractivity contribution in [2.45, 2.75) is 32.7 Å². The summed E-state index contributed by atoms with van der Waals surface area (Å²) in [5.41, 5.74) is 2.68. The number of unbranched alkanes of at least 4 members (excludes halogenated alkanes) is 1. The lowest BCUT2D eigenvalue weighted by Gasteiger charge is -2.29. The number of hydrogen-bond acceptors (Lipinski definition) is 2. The molecule has 0 aliphatic rings. The molecule has 1 rings (SSSR count). The highest BCUT2D eigenvalue weighted by Crippen LogP contribution is 2.14. The van der Waals surface area contributed by atoms with Gasteiger partial charge >= 0.3 is 0 Å². The van der Waals surface area contributed by atoms with Crippen molar-refractivity contribution in [3.8, 4) is 0 Å². The molecule has 1 aromatic rings. The molecule has 0 aliphatic carbocycles. The van der Waals surface area contributed by atoms with Gasteiger partial charge in [-0.15, -0.1) is 0 Å². The Morgan fingerprint density at radius 1 is 1.09 bits per heavy atom. The Labute approximate surface area is 157 Å². The monoisotopic (exact) mass is 432 g/mol. The van der Waals surface area contributed by atoms with E-state index in [0.29, 0.717) is 0 Å². The van der Waals surface area contributed by atoms with Crippen molar-refractivity contribution in [3.05, 3.63) is 29.8 Å². The summed E-state index contributed by atoms with van der Waals surface area (Å²) in [6.45, 7) is 8.00. The highest BCUT2D eigenvalue weighted by atomic mass is 127. The summed E-state index contributed by atoms with van der Waals surface area (Å²) >= 11 is 2.42. The largest absolute Gasteiger partial charge is 0.374 e. The molecule has 0 bridgehead atoms. The van der Waals surface area contributed by atoms with Crippen LogP contribution in [0.4, 0.5) is 5.69 Å². The Bertz CT molecular complexity index is 417. The third kappa shape index (κ3) is 8.91. The molecule has 0 aromatic heterocycles. The molecule has 0 atom stereocenters. The molecular formula is C19H35IN3+. The van der Waals surface area contributed by atoms with Crippen LogP contribution in [0.25, 0.3) is 0 Å². The van der Waals surface area contributed by atoms with Crippen LogP contribution in [0.3, 0.4) is 0 Å². The predicted molar refractivity (Wildman–Crippen MR) is 112 cm³/mol. The van der Waals surface area contributed by atoms with E-state index in [-0.39, 0.29) is 0 Å². The minimum atomic E-state index is 0.971. The van der Waals surface area contributed by atoms with E-state index in [4.69, 9.17) is 0 Å². The first-order valence-corrected chi connectivity index (χ1v) is 10.4. The van der Waals surface area contributed by atoms with Crippen molar-refractivity contribution in [1.29, 1.82) is 0 Å². The van der Waals surface area contributed by atoms with Gasteiger partial charge in [0.05, 0.1) is 27.2 Å². The molecule has 0 spiro atoms. The summed E-state index contributed by atoms with van der Waals surface area (Å²) < 4.78 is 2.30. The van der Waals surface area contributed by atoms with E-state index in [9.17, 15) is 0 Å². The molecule has 0 heterocycles. The van der Waals surface area contributed by atoms with E-state index in [0.717, 1.165) is 28.5 Å². The number of hydrogen-bond donors (Lipinski definition) is 1. The maximum absolute atomic E-state index is 3.58. The fraction of sp³-hybridized carbons (Fsp3) is 0.684. The smallest absolute Gasteiger partial charge is 0.0794 e. The van der Waals surface area contributed by atoms with Gasteiger partial charge in [-0.1, -0.05) is 48.1 Å². The Kier molecular flexibility index (Phi) is 10.1. The lowest BCUT2D eigenvalue weighted by atomic mass is 10.2. The summed E-state index contributed by atoms with van der Waals surface area (Å²) in [6, 6.07) is 8.95. The summed E-state index contributed by atoms with van der Waals surface area (Å²) in [4.78, 5) is 2.31. The van der Waals surface area contributed by atoms with Crippen LogP contribution in [-0.2, 0) is 6.54 Å². The van der Waals surface area contributed by atoms with Crippen molar-refractivity contribution >= 4 is 28.3 Å². The standard InChI is InChI=1S/C19H35IN3/c1-5-6-15-23(3,4)16-7-13-21-17-18-8-10-19(11-9-18)22(2)14-12-20/h8-11,21H,5-7,12-17H2,1-4H3/q+1. The molecule has 0 saturated heterocycles. The van der Waals surface area contributed by atoms with Crippen LogP contribution in [0.1, 0.15) is 31.7 Å². The van der Waals surface area contributed by atoms with Crippen LogP contribution >= 0.6 is 22.6 Å². The first-order valence-electron chi connectivity index (χ1n) is 8.87. The van der Waals surface area contributed by atoms with Crippen molar-refractivity contribution in [2.75, 3.05) is 56.6 Å². The molecule has 4 heteroatoms. The highest BCUT2D eigenvalue weighted by Gasteiger charge is 2.12. The van der Waals surface area contributed by atoms with Crippen molar-refractivity contribution < 1.29 is 4.48 Å². The van der Waals surface area contributed by atoms with Gasteiger partial charge in [0.1, 0.15) is 0 Å². The third-order valence-corrected chi connectivity index (χ3v) is 4.84. The number of anilines is 1. The van der Waals surface area contributed by atoms with Crippen molar-refractivity contribution in [2.24, 2.45) is 0 Å². The first-order chi connectivity index (χ1) is 11.0. The van der Waals surface area contributed by atoms with Crippen LogP contribution in [0, 0.1) is 0 Å². The summed E-state index contributed by atoms with van der Waals surface area (Å²) in [7, 11) is 6.85. The van der Waals surface area contributed by atoms with Gasteiger partial charge in [0.2, 0.25) is 0 Å². The van der Waals surface area contributed by atoms with Crippen LogP contribution in [-0.4, -0.2) is 56.2 Å². The minimum Gasteiger partial charge on any atom is -0.374 e. The quantitative estimate of drug-likeness (QED) is 0.233. The van der Waals surface area contributed by atoms with E-state index in [1.165, 1.54) is 43.6 Å². The second-order valence-electron chi connectivity index (χ2n) is 7.04. The molecule has 0 unspecified atom stereocenters. The number of nitrogens with zero attached hydrogens (tertiary/aromatic N) is 2. The van der Waals surface area contributed by atoms with Crippen LogP contribution in [0.5, 0.6) is 0 Å². The fourth-order valence-corrected chi connectivity index (χ4v) is 3.41. The van der Waals surface area contributed by atoms with Crippen LogP contribution in [0.15, 0.2) is 24.3 Å². The van der Waals surface area contributed by atoms with E-state index in [2.05, 4.69) is 85.1 Å². The Hall–Kier alpha value is -0.330. The maximum Gasteiger partial charge on any atom is 0.0794 e. The third-order valence-electron chi connectivity index (χ3n) is 4.36. The number of halogens is 1. The van der Waals surface area contributed by atoms with E-state index in [1.807, 2.05) is 0 Å². The van der Waals surface area contributed by atoms with Crippen molar-refractivity contribution in [3.63, 3.8) is 0 Å². The van der Waals surface area contributed by atoms with Crippen LogP contribution < -0.4 is 10.2 Å². The zero-order chi connectivity index (χ0) is 17.1. The molecule has 0 radical (unpaired) electrons. The zero-order valence-electron chi connectivity index (χ0n) is 15.4. The second kappa shape index (κ2) is 11.3. The average molecular weight is 432 g/mol. The molecule has 0 fully saturated rings. The number of rotatable bonds is 12. The van der Waals surface area contributed by atoms with Gasteiger partial charge in [-0.3, -0.25) is 0 Å². The van der Waals surface area contributed by atoms with E-state index < -0.39 is 0 Å². The summed E-state index contributed by atoms with van der Waals surface area (Å²) in [5, 5.41) is 3.58. The summed E-state index contributed by atoms with van der Waals surface area (Å²) in [5.74, 6) is 0. The Balaban J connectivity index is 2.23. The Morgan fingerprint density at radius 3 is 2.35 bits per heavy atom. The molecule has 132 valence electrons. The highest BCUT2D eigenvalue weighted by molar-refractivity contribution is 14.1. The van der Waals surface area contributed by atoms with Gasteiger partial charge in [0.25, 0.3) is 0 Å². The lowest BCUT2D eigenvalue weighted by Crippen LogP contribution is -2.42. The molecule has 3 nitrogen and oxygen atoms in total. The molecule has 0 amide bonds. The predicted octanol–water partition coefficient (Wildman–Crippen LogP) is 3.91. The first kappa shape index (κ1) is 20.7. The van der Waals surface area contributed by atoms with Gasteiger partial charge in [0, 0.05) is 43.2 Å². The molecule has 1 aromatic carbocycles. The molecule has 23 heavy (non-hydrogen) atoms. The number of benzene rings is 1. The van der Waals surface area contributed by atoms with Gasteiger partial charge < -0.3 is 14.7 Å². The molecule has 1 N–H and O–H groups in total. The lowest BCUT2D eigenvalue weighted by molar-refractivity contribution is -0.890. The number of alkyl halides is 1. The van der Waals surface area contributed by atoms with Gasteiger partial charge in [-0.2, -0.15) is 0 Å².